The molecule has 1 aliphatic rings. The SMILES string of the molecule is COc1ccc(Br)c(C(=O)N2CCN(Cc3ccccc3C)CC2)c1. The Morgan fingerprint density at radius 2 is 1.84 bits per heavy atom. The molecule has 0 N–H and O–H groups in total. The highest BCUT2D eigenvalue weighted by molar-refractivity contribution is 9.10. The minimum atomic E-state index is 0.0568. The van der Waals surface area contributed by atoms with Crippen LogP contribution in [0.25, 0.3) is 0 Å². The number of hydrogen-bond acceptors (Lipinski definition) is 3. The van der Waals surface area contributed by atoms with E-state index in [0.29, 0.717) is 11.3 Å². The van der Waals surface area contributed by atoms with Crippen LogP contribution in [0.15, 0.2) is 46.9 Å². The molecule has 0 unspecified atom stereocenters. The first kappa shape index (κ1) is 18.0. The molecule has 0 radical (unpaired) electrons. The Morgan fingerprint density at radius 3 is 2.52 bits per heavy atom. The minimum Gasteiger partial charge on any atom is -0.497 e. The third-order valence-corrected chi connectivity index (χ3v) is 5.41. The maximum absolute atomic E-state index is 12.8. The van der Waals surface area contributed by atoms with Gasteiger partial charge in [0.1, 0.15) is 5.75 Å². The maximum atomic E-state index is 12.8. The fourth-order valence-electron chi connectivity index (χ4n) is 3.10. The molecule has 25 heavy (non-hydrogen) atoms. The first-order valence-electron chi connectivity index (χ1n) is 8.48. The number of halogens is 1. The highest BCUT2D eigenvalue weighted by Gasteiger charge is 2.24. The number of ether oxygens (including phenoxy) is 1. The summed E-state index contributed by atoms with van der Waals surface area (Å²) < 4.78 is 6.05. The molecule has 5 heteroatoms. The Balaban J connectivity index is 1.62. The molecule has 0 spiro atoms. The highest BCUT2D eigenvalue weighted by Crippen LogP contribution is 2.24. The first-order chi connectivity index (χ1) is 12.1. The van der Waals surface area contributed by atoms with Crippen molar-refractivity contribution in [2.75, 3.05) is 33.3 Å². The van der Waals surface area contributed by atoms with Gasteiger partial charge in [-0.25, -0.2) is 0 Å². The van der Waals surface area contributed by atoms with Crippen molar-refractivity contribution in [1.82, 2.24) is 9.80 Å². The van der Waals surface area contributed by atoms with Crippen LogP contribution in [0.4, 0.5) is 0 Å². The van der Waals surface area contributed by atoms with Gasteiger partial charge in [-0.1, -0.05) is 24.3 Å². The summed E-state index contributed by atoms with van der Waals surface area (Å²) >= 11 is 3.48. The van der Waals surface area contributed by atoms with E-state index >= 15 is 0 Å². The zero-order chi connectivity index (χ0) is 17.8. The van der Waals surface area contributed by atoms with Gasteiger partial charge in [-0.05, 0) is 52.2 Å². The zero-order valence-electron chi connectivity index (χ0n) is 14.7. The lowest BCUT2D eigenvalue weighted by Crippen LogP contribution is -2.48. The van der Waals surface area contributed by atoms with Crippen LogP contribution >= 0.6 is 15.9 Å². The molecular weight excluding hydrogens is 380 g/mol. The van der Waals surface area contributed by atoms with Gasteiger partial charge >= 0.3 is 0 Å². The predicted molar refractivity (Wildman–Crippen MR) is 103 cm³/mol. The lowest BCUT2D eigenvalue weighted by molar-refractivity contribution is 0.0627. The lowest BCUT2D eigenvalue weighted by Gasteiger charge is -2.35. The summed E-state index contributed by atoms with van der Waals surface area (Å²) in [6.45, 7) is 6.36. The van der Waals surface area contributed by atoms with Crippen LogP contribution in [0, 0.1) is 6.92 Å². The Morgan fingerprint density at radius 1 is 1.12 bits per heavy atom. The molecule has 3 rings (SSSR count). The van der Waals surface area contributed by atoms with Crippen molar-refractivity contribution < 1.29 is 9.53 Å². The summed E-state index contributed by atoms with van der Waals surface area (Å²) in [4.78, 5) is 17.2. The van der Waals surface area contributed by atoms with E-state index in [9.17, 15) is 4.79 Å². The van der Waals surface area contributed by atoms with E-state index in [1.165, 1.54) is 11.1 Å². The van der Waals surface area contributed by atoms with Crippen molar-refractivity contribution in [3.05, 3.63) is 63.6 Å². The van der Waals surface area contributed by atoms with E-state index in [4.69, 9.17) is 4.74 Å². The molecule has 0 aliphatic carbocycles. The largest absolute Gasteiger partial charge is 0.497 e. The number of aryl methyl sites for hydroxylation is 1. The summed E-state index contributed by atoms with van der Waals surface area (Å²) in [5.74, 6) is 0.756. The van der Waals surface area contributed by atoms with Crippen LogP contribution in [-0.2, 0) is 6.54 Å². The maximum Gasteiger partial charge on any atom is 0.255 e. The van der Waals surface area contributed by atoms with Gasteiger partial charge in [0.05, 0.1) is 12.7 Å². The van der Waals surface area contributed by atoms with Crippen LogP contribution in [0.1, 0.15) is 21.5 Å². The quantitative estimate of drug-likeness (QED) is 0.780. The molecule has 0 bridgehead atoms. The van der Waals surface area contributed by atoms with Gasteiger partial charge in [0.15, 0.2) is 0 Å². The van der Waals surface area contributed by atoms with Crippen molar-refractivity contribution in [3.63, 3.8) is 0 Å². The number of amides is 1. The Kier molecular flexibility index (Phi) is 5.76. The van der Waals surface area contributed by atoms with E-state index in [2.05, 4.69) is 52.0 Å². The standard InChI is InChI=1S/C20H23BrN2O2/c1-15-5-3-4-6-16(15)14-22-9-11-23(12-10-22)20(24)18-13-17(25-2)7-8-19(18)21/h3-8,13H,9-12,14H2,1-2H3. The fourth-order valence-corrected chi connectivity index (χ4v) is 3.52. The number of benzene rings is 2. The normalized spacial score (nSPS) is 15.2. The van der Waals surface area contributed by atoms with Crippen molar-refractivity contribution in [3.8, 4) is 5.75 Å². The lowest BCUT2D eigenvalue weighted by atomic mass is 10.1. The minimum absolute atomic E-state index is 0.0568. The third kappa shape index (κ3) is 4.22. The average molecular weight is 403 g/mol. The van der Waals surface area contributed by atoms with Gasteiger partial charge in [-0.2, -0.15) is 0 Å². The predicted octanol–water partition coefficient (Wildman–Crippen LogP) is 3.72. The van der Waals surface area contributed by atoms with Gasteiger partial charge in [0, 0.05) is 37.2 Å². The summed E-state index contributed by atoms with van der Waals surface area (Å²) in [7, 11) is 1.61. The van der Waals surface area contributed by atoms with E-state index in [0.717, 1.165) is 37.2 Å². The van der Waals surface area contributed by atoms with Gasteiger partial charge in [-0.3, -0.25) is 9.69 Å². The van der Waals surface area contributed by atoms with Gasteiger partial charge < -0.3 is 9.64 Å². The van der Waals surface area contributed by atoms with E-state index in [1.54, 1.807) is 13.2 Å². The summed E-state index contributed by atoms with van der Waals surface area (Å²) in [6.07, 6.45) is 0. The summed E-state index contributed by atoms with van der Waals surface area (Å²) in [5.41, 5.74) is 3.34. The van der Waals surface area contributed by atoms with Crippen LogP contribution in [0.3, 0.4) is 0 Å². The Bertz CT molecular complexity index is 755. The Hall–Kier alpha value is -1.85. The van der Waals surface area contributed by atoms with Crippen LogP contribution in [0.5, 0.6) is 5.75 Å². The number of nitrogens with zero attached hydrogens (tertiary/aromatic N) is 2. The van der Waals surface area contributed by atoms with Gasteiger partial charge in [0.25, 0.3) is 5.91 Å². The second-order valence-electron chi connectivity index (χ2n) is 6.34. The second kappa shape index (κ2) is 8.02. The van der Waals surface area contributed by atoms with Crippen LogP contribution in [-0.4, -0.2) is 49.0 Å². The smallest absolute Gasteiger partial charge is 0.255 e. The molecule has 4 nitrogen and oxygen atoms in total. The molecule has 1 heterocycles. The van der Waals surface area contributed by atoms with Crippen molar-refractivity contribution in [2.24, 2.45) is 0 Å². The number of carbonyl (C=O) groups is 1. The molecule has 1 amide bonds. The molecule has 1 saturated heterocycles. The third-order valence-electron chi connectivity index (χ3n) is 4.72. The summed E-state index contributed by atoms with van der Waals surface area (Å²) in [6, 6.07) is 14.0. The number of hydrogen-bond donors (Lipinski definition) is 0. The van der Waals surface area contributed by atoms with Crippen molar-refractivity contribution in [2.45, 2.75) is 13.5 Å². The number of piperazine rings is 1. The molecular formula is C20H23BrN2O2. The zero-order valence-corrected chi connectivity index (χ0v) is 16.3. The molecule has 1 fully saturated rings. The fraction of sp³-hybridized carbons (Fsp3) is 0.350. The van der Waals surface area contributed by atoms with Crippen LogP contribution in [0.2, 0.25) is 0 Å². The number of rotatable bonds is 4. The van der Waals surface area contributed by atoms with Crippen molar-refractivity contribution >= 4 is 21.8 Å². The van der Waals surface area contributed by atoms with Gasteiger partial charge in [-0.15, -0.1) is 0 Å². The van der Waals surface area contributed by atoms with E-state index < -0.39 is 0 Å². The molecule has 132 valence electrons. The average Bonchev–Trinajstić information content (AvgIpc) is 2.64. The Labute approximate surface area is 157 Å². The topological polar surface area (TPSA) is 32.8 Å². The molecule has 2 aromatic carbocycles. The monoisotopic (exact) mass is 402 g/mol. The second-order valence-corrected chi connectivity index (χ2v) is 7.19. The first-order valence-corrected chi connectivity index (χ1v) is 9.27. The number of methoxy groups -OCH3 is 1. The molecule has 0 saturated carbocycles. The van der Waals surface area contributed by atoms with E-state index in [-0.39, 0.29) is 5.91 Å². The van der Waals surface area contributed by atoms with E-state index in [1.807, 2.05) is 17.0 Å². The molecule has 2 aromatic rings. The molecule has 1 aliphatic heterocycles. The highest BCUT2D eigenvalue weighted by atomic mass is 79.9. The molecule has 0 atom stereocenters. The van der Waals surface area contributed by atoms with Crippen molar-refractivity contribution in [1.29, 1.82) is 0 Å². The number of carbonyl (C=O) groups excluding carboxylic acids is 1. The van der Waals surface area contributed by atoms with Crippen LogP contribution < -0.4 is 4.74 Å². The molecule has 0 aromatic heterocycles. The summed E-state index contributed by atoms with van der Waals surface area (Å²) in [5, 5.41) is 0. The van der Waals surface area contributed by atoms with Gasteiger partial charge in [0.2, 0.25) is 0 Å².